The van der Waals surface area contributed by atoms with E-state index >= 15 is 0 Å². The maximum Gasteiger partial charge on any atom is 0.312 e. The lowest BCUT2D eigenvalue weighted by Gasteiger charge is -2.15. The maximum atomic E-state index is 11.4. The van der Waals surface area contributed by atoms with E-state index in [-0.39, 0.29) is 0 Å². The van der Waals surface area contributed by atoms with Gasteiger partial charge in [-0.15, -0.1) is 0 Å². The van der Waals surface area contributed by atoms with Crippen LogP contribution in [0.3, 0.4) is 0 Å². The van der Waals surface area contributed by atoms with Crippen LogP contribution in [0.25, 0.3) is 0 Å². The number of anilines is 1. The zero-order valence-electron chi connectivity index (χ0n) is 11.1. The van der Waals surface area contributed by atoms with Gasteiger partial charge in [0.25, 0.3) is 0 Å². The van der Waals surface area contributed by atoms with Crippen LogP contribution < -0.4 is 5.32 Å². The van der Waals surface area contributed by atoms with Crippen molar-refractivity contribution in [2.45, 2.75) is 12.8 Å². The number of nitrogens with one attached hydrogen (secondary N) is 1. The summed E-state index contributed by atoms with van der Waals surface area (Å²) >= 11 is 3.47. The molecule has 0 bridgehead atoms. The second-order valence-corrected chi connectivity index (χ2v) is 5.50. The average Bonchev–Trinajstić information content (AvgIpc) is 2.44. The van der Waals surface area contributed by atoms with Crippen LogP contribution in [-0.2, 0) is 4.79 Å². The van der Waals surface area contributed by atoms with Crippen LogP contribution in [0.5, 0.6) is 0 Å². The van der Waals surface area contributed by atoms with Crippen LogP contribution >= 0.6 is 15.9 Å². The second kappa shape index (κ2) is 6.57. The van der Waals surface area contributed by atoms with E-state index < -0.39 is 11.9 Å². The summed E-state index contributed by atoms with van der Waals surface area (Å²) in [6, 6.07) is 15.2. The second-order valence-electron chi connectivity index (χ2n) is 4.65. The molecule has 0 aliphatic heterocycles. The molecule has 1 atom stereocenters. The summed E-state index contributed by atoms with van der Waals surface area (Å²) in [6.45, 7) is 2.37. The largest absolute Gasteiger partial charge is 0.481 e. The quantitative estimate of drug-likeness (QED) is 0.868. The summed E-state index contributed by atoms with van der Waals surface area (Å²) in [5.41, 5.74) is 2.86. The number of aliphatic carboxylic acids is 1. The molecule has 1 unspecified atom stereocenters. The maximum absolute atomic E-state index is 11.4. The standard InChI is InChI=1S/C16H16BrNO2/c1-11-7-8-13(9-15(11)17)18-10-14(16(19)20)12-5-3-2-4-6-12/h2-9,14,18H,10H2,1H3,(H,19,20). The molecule has 2 rings (SSSR count). The Balaban J connectivity index is 2.10. The Labute approximate surface area is 126 Å². The number of aryl methyl sites for hydroxylation is 1. The molecular formula is C16H16BrNO2. The van der Waals surface area contributed by atoms with E-state index in [2.05, 4.69) is 21.2 Å². The molecule has 2 N–H and O–H groups in total. The summed E-state index contributed by atoms with van der Waals surface area (Å²) in [6.07, 6.45) is 0. The molecule has 4 heteroatoms. The minimum absolute atomic E-state index is 0.356. The number of benzene rings is 2. The van der Waals surface area contributed by atoms with Gasteiger partial charge >= 0.3 is 5.97 Å². The van der Waals surface area contributed by atoms with Gasteiger partial charge in [0.15, 0.2) is 0 Å². The van der Waals surface area contributed by atoms with Crippen molar-refractivity contribution in [2.24, 2.45) is 0 Å². The first-order chi connectivity index (χ1) is 9.58. The van der Waals surface area contributed by atoms with Crippen molar-refractivity contribution in [1.82, 2.24) is 0 Å². The van der Waals surface area contributed by atoms with Crippen LogP contribution in [0.2, 0.25) is 0 Å². The number of carbonyl (C=O) groups is 1. The average molecular weight is 334 g/mol. The Morgan fingerprint density at radius 3 is 2.55 bits per heavy atom. The van der Waals surface area contributed by atoms with Gasteiger partial charge in [-0.05, 0) is 30.2 Å². The molecule has 0 spiro atoms. The first-order valence-electron chi connectivity index (χ1n) is 6.35. The number of hydrogen-bond acceptors (Lipinski definition) is 2. The summed E-state index contributed by atoms with van der Waals surface area (Å²) in [7, 11) is 0. The predicted octanol–water partition coefficient (Wildman–Crippen LogP) is 4.04. The third kappa shape index (κ3) is 3.61. The van der Waals surface area contributed by atoms with Gasteiger partial charge in [-0.2, -0.15) is 0 Å². The number of hydrogen-bond donors (Lipinski definition) is 2. The highest BCUT2D eigenvalue weighted by Crippen LogP contribution is 2.22. The van der Waals surface area contributed by atoms with Crippen molar-refractivity contribution in [1.29, 1.82) is 0 Å². The van der Waals surface area contributed by atoms with E-state index in [1.807, 2.05) is 55.5 Å². The van der Waals surface area contributed by atoms with E-state index in [9.17, 15) is 9.90 Å². The van der Waals surface area contributed by atoms with Gasteiger partial charge in [0, 0.05) is 16.7 Å². The molecule has 0 saturated carbocycles. The van der Waals surface area contributed by atoms with Gasteiger partial charge in [0.1, 0.15) is 0 Å². The van der Waals surface area contributed by atoms with Crippen LogP contribution in [0.4, 0.5) is 5.69 Å². The van der Waals surface area contributed by atoms with Gasteiger partial charge in [-0.1, -0.05) is 52.3 Å². The fourth-order valence-electron chi connectivity index (χ4n) is 1.96. The third-order valence-corrected chi connectivity index (χ3v) is 4.04. The molecule has 0 saturated heterocycles. The summed E-state index contributed by atoms with van der Waals surface area (Å²) in [5, 5.41) is 12.5. The van der Waals surface area contributed by atoms with Gasteiger partial charge in [0.05, 0.1) is 5.92 Å². The molecule has 0 fully saturated rings. The fourth-order valence-corrected chi connectivity index (χ4v) is 2.33. The Kier molecular flexibility index (Phi) is 4.79. The smallest absolute Gasteiger partial charge is 0.312 e. The van der Waals surface area contributed by atoms with Crippen LogP contribution in [-0.4, -0.2) is 17.6 Å². The molecule has 0 aliphatic carbocycles. The zero-order valence-corrected chi connectivity index (χ0v) is 12.7. The van der Waals surface area contributed by atoms with Gasteiger partial charge in [-0.3, -0.25) is 4.79 Å². The highest BCUT2D eigenvalue weighted by molar-refractivity contribution is 9.10. The van der Waals surface area contributed by atoms with Crippen molar-refractivity contribution in [3.05, 3.63) is 64.1 Å². The van der Waals surface area contributed by atoms with Gasteiger partial charge < -0.3 is 10.4 Å². The van der Waals surface area contributed by atoms with Crippen LogP contribution in [0.15, 0.2) is 53.0 Å². The normalized spacial score (nSPS) is 11.9. The lowest BCUT2D eigenvalue weighted by Crippen LogP contribution is -2.20. The van der Waals surface area contributed by atoms with Crippen molar-refractivity contribution in [2.75, 3.05) is 11.9 Å². The Morgan fingerprint density at radius 2 is 1.95 bits per heavy atom. The van der Waals surface area contributed by atoms with Crippen molar-refractivity contribution >= 4 is 27.6 Å². The fraction of sp³-hybridized carbons (Fsp3) is 0.188. The van der Waals surface area contributed by atoms with E-state index in [1.165, 1.54) is 0 Å². The van der Waals surface area contributed by atoms with Gasteiger partial charge in [-0.25, -0.2) is 0 Å². The lowest BCUT2D eigenvalue weighted by atomic mass is 9.99. The molecule has 0 aliphatic rings. The molecular weight excluding hydrogens is 318 g/mol. The molecule has 0 heterocycles. The van der Waals surface area contributed by atoms with E-state index in [1.54, 1.807) is 0 Å². The first-order valence-corrected chi connectivity index (χ1v) is 7.15. The van der Waals surface area contributed by atoms with E-state index in [4.69, 9.17) is 0 Å². The minimum Gasteiger partial charge on any atom is -0.481 e. The number of rotatable bonds is 5. The van der Waals surface area contributed by atoms with Gasteiger partial charge in [0.2, 0.25) is 0 Å². The zero-order chi connectivity index (χ0) is 14.5. The molecule has 2 aromatic carbocycles. The Bertz CT molecular complexity index is 599. The highest BCUT2D eigenvalue weighted by atomic mass is 79.9. The summed E-state index contributed by atoms with van der Waals surface area (Å²) in [5.74, 6) is -1.38. The third-order valence-electron chi connectivity index (χ3n) is 3.18. The van der Waals surface area contributed by atoms with Crippen molar-refractivity contribution in [3.8, 4) is 0 Å². The Hall–Kier alpha value is -1.81. The molecule has 3 nitrogen and oxygen atoms in total. The first kappa shape index (κ1) is 14.6. The van der Waals surface area contributed by atoms with Crippen LogP contribution in [0, 0.1) is 6.92 Å². The monoisotopic (exact) mass is 333 g/mol. The summed E-state index contributed by atoms with van der Waals surface area (Å²) in [4.78, 5) is 11.4. The Morgan fingerprint density at radius 1 is 1.25 bits per heavy atom. The van der Waals surface area contributed by atoms with E-state index in [0.29, 0.717) is 6.54 Å². The molecule has 104 valence electrons. The number of carboxylic acids is 1. The number of carboxylic acid groups (broad SMARTS) is 1. The van der Waals surface area contributed by atoms with E-state index in [0.717, 1.165) is 21.3 Å². The highest BCUT2D eigenvalue weighted by Gasteiger charge is 2.19. The van der Waals surface area contributed by atoms with Crippen LogP contribution in [0.1, 0.15) is 17.0 Å². The number of halogens is 1. The lowest BCUT2D eigenvalue weighted by molar-refractivity contribution is -0.138. The minimum atomic E-state index is -0.824. The molecule has 2 aromatic rings. The van der Waals surface area contributed by atoms with Crippen molar-refractivity contribution < 1.29 is 9.90 Å². The SMILES string of the molecule is Cc1ccc(NCC(C(=O)O)c2ccccc2)cc1Br. The summed E-state index contributed by atoms with van der Waals surface area (Å²) < 4.78 is 1.01. The molecule has 20 heavy (non-hydrogen) atoms. The molecule has 0 radical (unpaired) electrons. The van der Waals surface area contributed by atoms with Crippen molar-refractivity contribution in [3.63, 3.8) is 0 Å². The molecule has 0 amide bonds. The molecule has 0 aromatic heterocycles. The topological polar surface area (TPSA) is 49.3 Å². The predicted molar refractivity (Wildman–Crippen MR) is 84.2 cm³/mol.